The third-order valence-electron chi connectivity index (χ3n) is 7.36. The molecule has 0 saturated heterocycles. The molecule has 1 aromatic carbocycles. The van der Waals surface area contributed by atoms with Crippen LogP contribution in [0.1, 0.15) is 135 Å². The van der Waals surface area contributed by atoms with Gasteiger partial charge in [0.15, 0.2) is 6.29 Å². The van der Waals surface area contributed by atoms with Gasteiger partial charge in [-0.3, -0.25) is 8.98 Å². The molecule has 0 amide bonds. The highest BCUT2D eigenvalue weighted by atomic mass is 32.2. The second-order valence-electron chi connectivity index (χ2n) is 11.3. The van der Waals surface area contributed by atoms with E-state index in [1.165, 1.54) is 77.0 Å². The van der Waals surface area contributed by atoms with Gasteiger partial charge in [0, 0.05) is 32.0 Å². The van der Waals surface area contributed by atoms with Crippen molar-refractivity contribution in [3.63, 3.8) is 0 Å². The van der Waals surface area contributed by atoms with Gasteiger partial charge >= 0.3 is 5.97 Å². The van der Waals surface area contributed by atoms with Crippen molar-refractivity contribution in [2.75, 3.05) is 26.4 Å². The number of benzene rings is 1. The number of carbonyl (C=O) groups excluding carboxylic acids is 1. The van der Waals surface area contributed by atoms with Gasteiger partial charge in [-0.05, 0) is 25.8 Å². The van der Waals surface area contributed by atoms with E-state index in [9.17, 15) is 13.2 Å². The molecule has 1 atom stereocenters. The van der Waals surface area contributed by atoms with Gasteiger partial charge in [-0.25, -0.2) is 0 Å². The van der Waals surface area contributed by atoms with Crippen molar-refractivity contribution in [2.45, 2.75) is 142 Å². The number of carbonyl (C=O) groups is 1. The summed E-state index contributed by atoms with van der Waals surface area (Å²) in [5, 5.41) is 0. The molecule has 0 bridgehead atoms. The lowest BCUT2D eigenvalue weighted by Crippen LogP contribution is -2.28. The molecule has 0 radical (unpaired) electrons. The van der Waals surface area contributed by atoms with Crippen LogP contribution in [0.15, 0.2) is 30.3 Å². The molecule has 0 N–H and O–H groups in total. The molecule has 1 rings (SSSR count). The minimum absolute atomic E-state index is 0.0646. The van der Waals surface area contributed by atoms with Crippen LogP contribution in [0.2, 0.25) is 0 Å². The number of rotatable bonds is 29. The number of esters is 1. The molecule has 0 unspecified atom stereocenters. The van der Waals surface area contributed by atoms with Gasteiger partial charge in [0.2, 0.25) is 0 Å². The van der Waals surface area contributed by atoms with Gasteiger partial charge in [0.05, 0.1) is 13.2 Å². The van der Waals surface area contributed by atoms with E-state index in [1.54, 1.807) is 24.3 Å². The van der Waals surface area contributed by atoms with E-state index < -0.39 is 16.4 Å². The van der Waals surface area contributed by atoms with Crippen molar-refractivity contribution in [3.8, 4) is 0 Å². The summed E-state index contributed by atoms with van der Waals surface area (Å²) in [7, 11) is -3.79. The lowest BCUT2D eigenvalue weighted by molar-refractivity contribution is -0.158. The van der Waals surface area contributed by atoms with Crippen LogP contribution in [-0.4, -0.2) is 47.1 Å². The number of ether oxygens (including phenoxy) is 3. The zero-order valence-electron chi connectivity index (χ0n) is 26.9. The van der Waals surface area contributed by atoms with Crippen molar-refractivity contribution >= 4 is 16.1 Å². The second-order valence-corrected chi connectivity index (χ2v) is 12.9. The average molecular weight is 613 g/mol. The number of hydrogen-bond donors (Lipinski definition) is 0. The Morgan fingerprint density at radius 1 is 0.690 bits per heavy atom. The highest BCUT2D eigenvalue weighted by molar-refractivity contribution is 7.85. The molecule has 8 heteroatoms. The van der Waals surface area contributed by atoms with Gasteiger partial charge in [0.25, 0.3) is 10.1 Å². The molecular formula is C34H60O7S. The molecule has 0 aliphatic heterocycles. The van der Waals surface area contributed by atoms with Crippen LogP contribution in [0.5, 0.6) is 0 Å². The van der Waals surface area contributed by atoms with E-state index in [1.807, 2.05) is 19.9 Å². The van der Waals surface area contributed by atoms with Gasteiger partial charge in [-0.1, -0.05) is 127 Å². The highest BCUT2D eigenvalue weighted by Gasteiger charge is 2.23. The summed E-state index contributed by atoms with van der Waals surface area (Å²) in [5.41, 5.74) is 0.658. The summed E-state index contributed by atoms with van der Waals surface area (Å²) in [6.45, 7) is 6.90. The fourth-order valence-electron chi connectivity index (χ4n) is 4.96. The minimum Gasteiger partial charge on any atom is -0.465 e. The Morgan fingerprint density at radius 2 is 1.19 bits per heavy atom. The SMILES string of the molecule is CCCCCCCCCCCCCCCCCC(=O)OC[C@@H](COS(=O)(=O)Cc1ccccc1)CC(OCC)OCC. The first-order chi connectivity index (χ1) is 20.4. The van der Waals surface area contributed by atoms with Crippen LogP contribution in [0.3, 0.4) is 0 Å². The Labute approximate surface area is 257 Å². The Morgan fingerprint density at radius 3 is 1.69 bits per heavy atom. The fraction of sp³-hybridized carbons (Fsp3) is 0.794. The molecule has 7 nitrogen and oxygen atoms in total. The Hall–Kier alpha value is -1.48. The largest absolute Gasteiger partial charge is 0.465 e. The van der Waals surface area contributed by atoms with Crippen LogP contribution < -0.4 is 0 Å². The molecule has 0 aromatic heterocycles. The third-order valence-corrected chi connectivity index (χ3v) is 8.55. The van der Waals surface area contributed by atoms with Crippen LogP contribution in [0, 0.1) is 5.92 Å². The number of hydrogen-bond acceptors (Lipinski definition) is 7. The predicted molar refractivity (Wildman–Crippen MR) is 171 cm³/mol. The van der Waals surface area contributed by atoms with Gasteiger partial charge in [-0.2, -0.15) is 8.42 Å². The second kappa shape index (κ2) is 26.0. The van der Waals surface area contributed by atoms with Crippen molar-refractivity contribution in [3.05, 3.63) is 35.9 Å². The number of unbranched alkanes of at least 4 members (excludes halogenated alkanes) is 14. The normalized spacial score (nSPS) is 12.6. The molecule has 0 aliphatic carbocycles. The van der Waals surface area contributed by atoms with Crippen molar-refractivity contribution < 1.29 is 31.6 Å². The van der Waals surface area contributed by atoms with Gasteiger partial charge in [-0.15, -0.1) is 0 Å². The van der Waals surface area contributed by atoms with Crippen molar-refractivity contribution in [2.24, 2.45) is 5.92 Å². The summed E-state index contributed by atoms with van der Waals surface area (Å²) in [5.74, 6) is -0.838. The molecule has 0 saturated carbocycles. The Balaban J connectivity index is 2.27. The molecule has 0 aliphatic rings. The van der Waals surface area contributed by atoms with Crippen LogP contribution >= 0.6 is 0 Å². The Kier molecular flexibility index (Phi) is 23.8. The van der Waals surface area contributed by atoms with E-state index in [0.717, 1.165) is 19.3 Å². The first kappa shape index (κ1) is 38.5. The monoisotopic (exact) mass is 612 g/mol. The van der Waals surface area contributed by atoms with E-state index in [2.05, 4.69) is 6.92 Å². The molecule has 1 aromatic rings. The first-order valence-electron chi connectivity index (χ1n) is 16.7. The van der Waals surface area contributed by atoms with Crippen molar-refractivity contribution in [1.29, 1.82) is 0 Å². The molecule has 244 valence electrons. The summed E-state index contributed by atoms with van der Waals surface area (Å²) in [6, 6.07) is 8.92. The molecule has 42 heavy (non-hydrogen) atoms. The topological polar surface area (TPSA) is 88.1 Å². The summed E-state index contributed by atoms with van der Waals surface area (Å²) < 4.78 is 47.3. The first-order valence-corrected chi connectivity index (χ1v) is 18.3. The molecule has 0 fully saturated rings. The zero-order chi connectivity index (χ0) is 30.7. The van der Waals surface area contributed by atoms with Crippen LogP contribution in [0.25, 0.3) is 0 Å². The maximum atomic E-state index is 12.6. The minimum atomic E-state index is -3.79. The third kappa shape index (κ3) is 22.1. The highest BCUT2D eigenvalue weighted by Crippen LogP contribution is 2.17. The smallest absolute Gasteiger partial charge is 0.305 e. The maximum absolute atomic E-state index is 12.6. The van der Waals surface area contributed by atoms with Crippen molar-refractivity contribution in [1.82, 2.24) is 0 Å². The van der Waals surface area contributed by atoms with E-state index in [4.69, 9.17) is 18.4 Å². The van der Waals surface area contributed by atoms with Crippen LogP contribution in [-0.2, 0) is 39.1 Å². The molecule has 0 heterocycles. The summed E-state index contributed by atoms with van der Waals surface area (Å²) in [6.07, 6.45) is 19.4. The summed E-state index contributed by atoms with van der Waals surface area (Å²) in [4.78, 5) is 12.4. The van der Waals surface area contributed by atoms with Gasteiger partial charge < -0.3 is 14.2 Å². The average Bonchev–Trinajstić information content (AvgIpc) is 2.97. The molecular weight excluding hydrogens is 552 g/mol. The molecule has 0 spiro atoms. The lowest BCUT2D eigenvalue weighted by Gasteiger charge is -2.23. The van der Waals surface area contributed by atoms with E-state index in [0.29, 0.717) is 31.6 Å². The standard InChI is InChI=1S/C34H60O7S/c1-4-7-8-9-10-11-12-13-14-15-16-17-18-19-23-26-33(35)40-28-32(27-34(38-5-2)39-6-3)29-41-42(36,37)30-31-24-21-20-22-25-31/h20-22,24-25,32,34H,4-19,23,26-30H2,1-3H3/t32-/m0/s1. The predicted octanol–water partition coefficient (Wildman–Crippen LogP) is 8.74. The lowest BCUT2D eigenvalue weighted by atomic mass is 10.0. The Bertz CT molecular complexity index is 854. The van der Waals surface area contributed by atoms with Crippen LogP contribution in [0.4, 0.5) is 0 Å². The van der Waals surface area contributed by atoms with E-state index in [-0.39, 0.29) is 30.9 Å². The van der Waals surface area contributed by atoms with Gasteiger partial charge in [0.1, 0.15) is 5.75 Å². The quantitative estimate of drug-likeness (QED) is 0.0387. The zero-order valence-corrected chi connectivity index (χ0v) is 27.7. The maximum Gasteiger partial charge on any atom is 0.305 e. The van der Waals surface area contributed by atoms with E-state index >= 15 is 0 Å². The summed E-state index contributed by atoms with van der Waals surface area (Å²) >= 11 is 0. The fourth-order valence-corrected chi connectivity index (χ4v) is 6.04.